The number of aromatic nitrogens is 2. The fourth-order valence-electron chi connectivity index (χ4n) is 3.09. The van der Waals surface area contributed by atoms with Crippen molar-refractivity contribution < 1.29 is 9.53 Å². The van der Waals surface area contributed by atoms with Crippen LogP contribution in [0.15, 0.2) is 24.3 Å². The molecule has 0 unspecified atom stereocenters. The van der Waals surface area contributed by atoms with Gasteiger partial charge in [0.15, 0.2) is 0 Å². The highest BCUT2D eigenvalue weighted by Crippen LogP contribution is 2.15. The van der Waals surface area contributed by atoms with Gasteiger partial charge in [-0.1, -0.05) is 18.2 Å². The van der Waals surface area contributed by atoms with E-state index in [0.717, 1.165) is 41.9 Å². The molecule has 6 heteroatoms. The number of amides is 1. The average molecular weight is 342 g/mol. The van der Waals surface area contributed by atoms with Crippen molar-refractivity contribution in [3.8, 4) is 0 Å². The van der Waals surface area contributed by atoms with Crippen molar-refractivity contribution in [2.75, 3.05) is 20.2 Å². The molecule has 2 aromatic rings. The zero-order chi connectivity index (χ0) is 17.8. The minimum atomic E-state index is -0.253. The highest BCUT2D eigenvalue weighted by Gasteiger charge is 2.22. The minimum absolute atomic E-state index is 0.00973. The van der Waals surface area contributed by atoms with Crippen LogP contribution in [0.25, 0.3) is 10.9 Å². The Morgan fingerprint density at radius 1 is 1.40 bits per heavy atom. The zero-order valence-electron chi connectivity index (χ0n) is 15.2. The third-order valence-corrected chi connectivity index (χ3v) is 4.80. The number of nitrogens with zero attached hydrogens (tertiary/aromatic N) is 3. The molecule has 25 heavy (non-hydrogen) atoms. The number of hydrogen-bond acceptors (Lipinski definition) is 5. The number of aryl methyl sites for hydroxylation is 1. The second-order valence-electron chi connectivity index (χ2n) is 6.71. The molecular formula is C19H26N4O2. The van der Waals surface area contributed by atoms with Crippen LogP contribution in [0.4, 0.5) is 0 Å². The van der Waals surface area contributed by atoms with E-state index in [9.17, 15) is 4.79 Å². The maximum atomic E-state index is 12.4. The van der Waals surface area contributed by atoms with Crippen molar-refractivity contribution >= 4 is 16.8 Å². The van der Waals surface area contributed by atoms with E-state index in [1.165, 1.54) is 0 Å². The molecule has 1 aromatic carbocycles. The van der Waals surface area contributed by atoms with Crippen molar-refractivity contribution in [1.82, 2.24) is 20.2 Å². The molecule has 1 aliphatic rings. The maximum Gasteiger partial charge on any atom is 0.237 e. The van der Waals surface area contributed by atoms with Gasteiger partial charge in [-0.2, -0.15) is 0 Å². The van der Waals surface area contributed by atoms with E-state index in [1.807, 2.05) is 50.1 Å². The van der Waals surface area contributed by atoms with Gasteiger partial charge >= 0.3 is 0 Å². The summed E-state index contributed by atoms with van der Waals surface area (Å²) in [4.78, 5) is 23.5. The van der Waals surface area contributed by atoms with E-state index in [1.54, 1.807) is 0 Å². The molecule has 1 saturated heterocycles. The van der Waals surface area contributed by atoms with Gasteiger partial charge in [-0.3, -0.25) is 9.69 Å². The number of hydrogen-bond donors (Lipinski definition) is 1. The third-order valence-electron chi connectivity index (χ3n) is 4.80. The number of likely N-dealkylation sites (N-methyl/N-ethyl adjacent to an activating group) is 1. The molecular weight excluding hydrogens is 316 g/mol. The van der Waals surface area contributed by atoms with E-state index >= 15 is 0 Å². The molecule has 2 atom stereocenters. The lowest BCUT2D eigenvalue weighted by Crippen LogP contribution is -2.45. The van der Waals surface area contributed by atoms with E-state index < -0.39 is 0 Å². The number of ether oxygens (including phenoxy) is 1. The Morgan fingerprint density at radius 3 is 2.96 bits per heavy atom. The molecule has 0 aliphatic carbocycles. The Bertz CT molecular complexity index is 743. The lowest BCUT2D eigenvalue weighted by Gasteiger charge is -2.24. The van der Waals surface area contributed by atoms with Crippen LogP contribution in [-0.4, -0.2) is 53.1 Å². The first-order valence-electron chi connectivity index (χ1n) is 8.86. The maximum absolute atomic E-state index is 12.4. The van der Waals surface area contributed by atoms with E-state index in [0.29, 0.717) is 13.1 Å². The van der Waals surface area contributed by atoms with Crippen LogP contribution in [0.3, 0.4) is 0 Å². The van der Waals surface area contributed by atoms with Gasteiger partial charge in [-0.15, -0.1) is 0 Å². The highest BCUT2D eigenvalue weighted by atomic mass is 16.5. The number of fused-ring (bicyclic) bond motifs is 1. The van der Waals surface area contributed by atoms with E-state index in [2.05, 4.69) is 15.3 Å². The second kappa shape index (κ2) is 7.89. The molecule has 0 bridgehead atoms. The fraction of sp³-hybridized carbons (Fsp3) is 0.526. The van der Waals surface area contributed by atoms with Crippen molar-refractivity contribution in [1.29, 1.82) is 0 Å². The summed E-state index contributed by atoms with van der Waals surface area (Å²) < 4.78 is 5.54. The Hall–Kier alpha value is -2.05. The molecule has 0 radical (unpaired) electrons. The molecule has 1 fully saturated rings. The number of carbonyl (C=O) groups is 1. The summed E-state index contributed by atoms with van der Waals surface area (Å²) in [7, 11) is 1.92. The Morgan fingerprint density at radius 2 is 2.20 bits per heavy atom. The topological polar surface area (TPSA) is 67.4 Å². The van der Waals surface area contributed by atoms with E-state index in [4.69, 9.17) is 4.74 Å². The summed E-state index contributed by atoms with van der Waals surface area (Å²) in [6.45, 7) is 5.81. The summed E-state index contributed by atoms with van der Waals surface area (Å²) in [6, 6.07) is 7.73. The van der Waals surface area contributed by atoms with Crippen molar-refractivity contribution in [3.63, 3.8) is 0 Å². The van der Waals surface area contributed by atoms with Gasteiger partial charge in [-0.05, 0) is 39.8 Å². The summed E-state index contributed by atoms with van der Waals surface area (Å²) in [5.74, 6) is 0.744. The lowest BCUT2D eigenvalue weighted by atomic mass is 10.2. The molecule has 6 nitrogen and oxygen atoms in total. The summed E-state index contributed by atoms with van der Waals surface area (Å²) in [5.41, 5.74) is 1.90. The first-order chi connectivity index (χ1) is 12.0. The number of nitrogens with one attached hydrogen (secondary N) is 1. The van der Waals surface area contributed by atoms with Gasteiger partial charge in [0.05, 0.1) is 24.2 Å². The number of para-hydroxylation sites is 1. The van der Waals surface area contributed by atoms with Gasteiger partial charge in [0.2, 0.25) is 5.91 Å². The summed E-state index contributed by atoms with van der Waals surface area (Å²) >= 11 is 0. The normalized spacial score (nSPS) is 18.6. The molecule has 134 valence electrons. The van der Waals surface area contributed by atoms with Crippen LogP contribution in [-0.2, 0) is 16.1 Å². The largest absolute Gasteiger partial charge is 0.376 e. The molecule has 1 N–H and O–H groups in total. The quantitative estimate of drug-likeness (QED) is 0.870. The van der Waals surface area contributed by atoms with Crippen molar-refractivity contribution in [3.05, 3.63) is 35.8 Å². The predicted molar refractivity (Wildman–Crippen MR) is 97.2 cm³/mol. The molecule has 1 aliphatic heterocycles. The second-order valence-corrected chi connectivity index (χ2v) is 6.71. The first kappa shape index (κ1) is 17.8. The van der Waals surface area contributed by atoms with Gasteiger partial charge < -0.3 is 10.1 Å². The average Bonchev–Trinajstić information content (AvgIpc) is 3.12. The van der Waals surface area contributed by atoms with Gasteiger partial charge in [0.1, 0.15) is 5.82 Å². The van der Waals surface area contributed by atoms with Crippen LogP contribution in [0.1, 0.15) is 31.3 Å². The summed E-state index contributed by atoms with van der Waals surface area (Å²) in [6.07, 6.45) is 2.26. The Balaban J connectivity index is 1.60. The number of carbonyl (C=O) groups excluding carboxylic acids is 1. The smallest absolute Gasteiger partial charge is 0.237 e. The SMILES string of the molecule is Cc1nc(CN(C)[C@@H](C)C(=O)NC[C@@H]2CCCO2)nc2ccccc12. The first-order valence-corrected chi connectivity index (χ1v) is 8.86. The molecule has 0 spiro atoms. The molecule has 1 aromatic heterocycles. The predicted octanol–water partition coefficient (Wildman–Crippen LogP) is 2.05. The van der Waals surface area contributed by atoms with Crippen LogP contribution < -0.4 is 5.32 Å². The minimum Gasteiger partial charge on any atom is -0.376 e. The van der Waals surface area contributed by atoms with Crippen LogP contribution in [0.5, 0.6) is 0 Å². The Kier molecular flexibility index (Phi) is 5.60. The molecule has 0 saturated carbocycles. The fourth-order valence-corrected chi connectivity index (χ4v) is 3.09. The van der Waals surface area contributed by atoms with Crippen LogP contribution in [0.2, 0.25) is 0 Å². The highest BCUT2D eigenvalue weighted by molar-refractivity contribution is 5.81. The van der Waals surface area contributed by atoms with Crippen LogP contribution >= 0.6 is 0 Å². The van der Waals surface area contributed by atoms with Gasteiger partial charge in [0.25, 0.3) is 0 Å². The van der Waals surface area contributed by atoms with Crippen LogP contribution in [0, 0.1) is 6.92 Å². The van der Waals surface area contributed by atoms with Gasteiger partial charge in [0, 0.05) is 24.2 Å². The van der Waals surface area contributed by atoms with Crippen molar-refractivity contribution in [2.45, 2.75) is 45.4 Å². The Labute approximate surface area is 148 Å². The molecule has 3 rings (SSSR count). The van der Waals surface area contributed by atoms with Crippen molar-refractivity contribution in [2.24, 2.45) is 0 Å². The monoisotopic (exact) mass is 342 g/mol. The lowest BCUT2D eigenvalue weighted by molar-refractivity contribution is -0.126. The third kappa shape index (κ3) is 4.32. The standard InChI is InChI=1S/C19H26N4O2/c1-13-16-8-4-5-9-17(16)22-18(21-13)12-23(3)14(2)19(24)20-11-15-7-6-10-25-15/h4-5,8-9,14-15H,6-7,10-12H2,1-3H3,(H,20,24)/t14-,15-/m0/s1. The molecule has 2 heterocycles. The summed E-state index contributed by atoms with van der Waals surface area (Å²) in [5, 5.41) is 4.05. The number of rotatable bonds is 6. The zero-order valence-corrected chi connectivity index (χ0v) is 15.2. The van der Waals surface area contributed by atoms with E-state index in [-0.39, 0.29) is 18.1 Å². The molecule has 1 amide bonds. The van der Waals surface area contributed by atoms with Gasteiger partial charge in [-0.25, -0.2) is 9.97 Å². The number of benzene rings is 1.